The van der Waals surface area contributed by atoms with Gasteiger partial charge in [-0.1, -0.05) is 20.8 Å². The molecule has 3 nitrogen and oxygen atoms in total. The van der Waals surface area contributed by atoms with Crippen LogP contribution < -0.4 is 5.32 Å². The number of hydrogen-bond acceptors (Lipinski definition) is 3. The van der Waals surface area contributed by atoms with Crippen molar-refractivity contribution >= 4 is 0 Å². The van der Waals surface area contributed by atoms with Crippen molar-refractivity contribution in [3.8, 4) is 0 Å². The SMILES string of the molecule is CCCNCC(C)c1c(C)nc(CC)nc1C. The smallest absolute Gasteiger partial charge is 0.128 e. The number of nitrogens with one attached hydrogen (secondary N) is 1. The van der Waals surface area contributed by atoms with Crippen LogP contribution in [0.25, 0.3) is 0 Å². The van der Waals surface area contributed by atoms with Crippen LogP contribution in [0.3, 0.4) is 0 Å². The van der Waals surface area contributed by atoms with E-state index in [1.54, 1.807) is 0 Å². The minimum Gasteiger partial charge on any atom is -0.316 e. The lowest BCUT2D eigenvalue weighted by Gasteiger charge is -2.17. The van der Waals surface area contributed by atoms with Crippen molar-refractivity contribution < 1.29 is 0 Å². The van der Waals surface area contributed by atoms with Gasteiger partial charge in [-0.25, -0.2) is 9.97 Å². The molecule has 1 heterocycles. The summed E-state index contributed by atoms with van der Waals surface area (Å²) in [5.41, 5.74) is 3.59. The van der Waals surface area contributed by atoms with Crippen LogP contribution in [0.4, 0.5) is 0 Å². The molecule has 0 aliphatic carbocycles. The quantitative estimate of drug-likeness (QED) is 0.770. The second kappa shape index (κ2) is 6.70. The number of rotatable bonds is 6. The van der Waals surface area contributed by atoms with Gasteiger partial charge in [0.2, 0.25) is 0 Å². The first-order valence-corrected chi connectivity index (χ1v) is 6.64. The Balaban J connectivity index is 2.82. The second-order valence-electron chi connectivity index (χ2n) is 4.68. The third-order valence-electron chi connectivity index (χ3n) is 3.06. The predicted molar refractivity (Wildman–Crippen MR) is 72.5 cm³/mol. The van der Waals surface area contributed by atoms with Crippen LogP contribution in [0.15, 0.2) is 0 Å². The number of hydrogen-bond donors (Lipinski definition) is 1. The van der Waals surface area contributed by atoms with E-state index in [9.17, 15) is 0 Å². The number of aryl methyl sites for hydroxylation is 3. The van der Waals surface area contributed by atoms with Gasteiger partial charge in [0.1, 0.15) is 5.82 Å². The third kappa shape index (κ3) is 3.77. The van der Waals surface area contributed by atoms with Crippen LogP contribution in [0, 0.1) is 13.8 Å². The van der Waals surface area contributed by atoms with Crippen molar-refractivity contribution in [2.24, 2.45) is 0 Å². The van der Waals surface area contributed by atoms with Gasteiger partial charge in [-0.15, -0.1) is 0 Å². The molecule has 96 valence electrons. The summed E-state index contributed by atoms with van der Waals surface area (Å²) in [6, 6.07) is 0. The Bertz CT molecular complexity index is 337. The third-order valence-corrected chi connectivity index (χ3v) is 3.06. The molecule has 0 aliphatic rings. The first kappa shape index (κ1) is 14.1. The summed E-state index contributed by atoms with van der Waals surface area (Å²) >= 11 is 0. The molecule has 1 aromatic heterocycles. The Kier molecular flexibility index (Phi) is 5.56. The van der Waals surface area contributed by atoms with E-state index in [2.05, 4.69) is 49.9 Å². The summed E-state index contributed by atoms with van der Waals surface area (Å²) in [4.78, 5) is 9.13. The maximum absolute atomic E-state index is 4.56. The summed E-state index contributed by atoms with van der Waals surface area (Å²) in [7, 11) is 0. The lowest BCUT2D eigenvalue weighted by Crippen LogP contribution is -2.22. The Labute approximate surface area is 105 Å². The van der Waals surface area contributed by atoms with Crippen LogP contribution in [0.2, 0.25) is 0 Å². The minimum atomic E-state index is 0.479. The monoisotopic (exact) mass is 235 g/mol. The molecule has 3 heteroatoms. The van der Waals surface area contributed by atoms with Crippen LogP contribution in [0.1, 0.15) is 55.9 Å². The lowest BCUT2D eigenvalue weighted by atomic mass is 9.98. The van der Waals surface area contributed by atoms with Crippen LogP contribution in [-0.2, 0) is 6.42 Å². The highest BCUT2D eigenvalue weighted by Gasteiger charge is 2.14. The summed E-state index contributed by atoms with van der Waals surface area (Å²) in [6.07, 6.45) is 2.08. The van der Waals surface area contributed by atoms with Crippen molar-refractivity contribution in [3.63, 3.8) is 0 Å². The molecule has 0 saturated carbocycles. The fourth-order valence-corrected chi connectivity index (χ4v) is 2.26. The first-order chi connectivity index (χ1) is 8.10. The Hall–Kier alpha value is -0.960. The highest BCUT2D eigenvalue weighted by Crippen LogP contribution is 2.20. The van der Waals surface area contributed by atoms with E-state index in [0.29, 0.717) is 5.92 Å². The average molecular weight is 235 g/mol. The molecule has 1 aromatic rings. The molecule has 1 N–H and O–H groups in total. The van der Waals surface area contributed by atoms with E-state index < -0.39 is 0 Å². The number of nitrogens with zero attached hydrogens (tertiary/aromatic N) is 2. The lowest BCUT2D eigenvalue weighted by molar-refractivity contribution is 0.600. The van der Waals surface area contributed by atoms with Gasteiger partial charge in [0.25, 0.3) is 0 Å². The zero-order valence-electron chi connectivity index (χ0n) is 11.8. The van der Waals surface area contributed by atoms with Crippen molar-refractivity contribution in [1.29, 1.82) is 0 Å². The summed E-state index contributed by atoms with van der Waals surface area (Å²) in [5.74, 6) is 1.44. The molecule has 0 fully saturated rings. The summed E-state index contributed by atoms with van der Waals surface area (Å²) < 4.78 is 0. The molecule has 0 radical (unpaired) electrons. The summed E-state index contributed by atoms with van der Waals surface area (Å²) in [5, 5.41) is 3.46. The average Bonchev–Trinajstić information content (AvgIpc) is 2.28. The van der Waals surface area contributed by atoms with E-state index >= 15 is 0 Å². The van der Waals surface area contributed by atoms with Gasteiger partial charge < -0.3 is 5.32 Å². The highest BCUT2D eigenvalue weighted by atomic mass is 14.9. The zero-order chi connectivity index (χ0) is 12.8. The molecule has 0 aliphatic heterocycles. The zero-order valence-corrected chi connectivity index (χ0v) is 11.8. The van der Waals surface area contributed by atoms with E-state index in [-0.39, 0.29) is 0 Å². The van der Waals surface area contributed by atoms with Gasteiger partial charge in [-0.3, -0.25) is 0 Å². The Morgan fingerprint density at radius 1 is 1.12 bits per heavy atom. The van der Waals surface area contributed by atoms with Crippen molar-refractivity contribution in [2.75, 3.05) is 13.1 Å². The molecule has 1 rings (SSSR count). The Morgan fingerprint density at radius 3 is 2.18 bits per heavy atom. The normalized spacial score (nSPS) is 12.8. The first-order valence-electron chi connectivity index (χ1n) is 6.64. The number of aromatic nitrogens is 2. The van der Waals surface area contributed by atoms with Crippen molar-refractivity contribution in [2.45, 2.75) is 53.4 Å². The molecule has 1 atom stereocenters. The predicted octanol–water partition coefficient (Wildman–Crippen LogP) is 2.76. The van der Waals surface area contributed by atoms with Crippen LogP contribution >= 0.6 is 0 Å². The topological polar surface area (TPSA) is 37.8 Å². The van der Waals surface area contributed by atoms with E-state index in [0.717, 1.165) is 36.7 Å². The van der Waals surface area contributed by atoms with Crippen LogP contribution in [-0.4, -0.2) is 23.1 Å². The molecule has 0 spiro atoms. The largest absolute Gasteiger partial charge is 0.316 e. The molecular formula is C14H25N3. The van der Waals surface area contributed by atoms with E-state index in [1.807, 2.05) is 0 Å². The standard InChI is InChI=1S/C14H25N3/c1-6-8-15-9-10(3)14-11(4)16-13(7-2)17-12(14)5/h10,15H,6-9H2,1-5H3. The van der Waals surface area contributed by atoms with Gasteiger partial charge in [-0.2, -0.15) is 0 Å². The Morgan fingerprint density at radius 2 is 1.71 bits per heavy atom. The molecule has 0 bridgehead atoms. The highest BCUT2D eigenvalue weighted by molar-refractivity contribution is 5.28. The summed E-state index contributed by atoms with van der Waals surface area (Å²) in [6.45, 7) is 12.8. The van der Waals surface area contributed by atoms with Crippen LogP contribution in [0.5, 0.6) is 0 Å². The van der Waals surface area contributed by atoms with E-state index in [4.69, 9.17) is 0 Å². The van der Waals surface area contributed by atoms with Gasteiger partial charge in [0.05, 0.1) is 0 Å². The molecule has 1 unspecified atom stereocenters. The van der Waals surface area contributed by atoms with Gasteiger partial charge >= 0.3 is 0 Å². The van der Waals surface area contributed by atoms with Crippen molar-refractivity contribution in [3.05, 3.63) is 22.8 Å². The van der Waals surface area contributed by atoms with E-state index in [1.165, 1.54) is 12.0 Å². The molecular weight excluding hydrogens is 210 g/mol. The van der Waals surface area contributed by atoms with Gasteiger partial charge in [0, 0.05) is 24.4 Å². The fourth-order valence-electron chi connectivity index (χ4n) is 2.26. The minimum absolute atomic E-state index is 0.479. The van der Waals surface area contributed by atoms with Gasteiger partial charge in [0.15, 0.2) is 0 Å². The molecule has 17 heavy (non-hydrogen) atoms. The fraction of sp³-hybridized carbons (Fsp3) is 0.714. The molecule has 0 saturated heterocycles. The molecule has 0 amide bonds. The second-order valence-corrected chi connectivity index (χ2v) is 4.68. The van der Waals surface area contributed by atoms with Crippen molar-refractivity contribution in [1.82, 2.24) is 15.3 Å². The van der Waals surface area contributed by atoms with Gasteiger partial charge in [-0.05, 0) is 38.3 Å². The molecule has 0 aromatic carbocycles. The maximum atomic E-state index is 4.56. The maximum Gasteiger partial charge on any atom is 0.128 e.